The maximum absolute atomic E-state index is 11.1. The number of nitrogens with zero attached hydrogens (tertiary/aromatic N) is 1. The average Bonchev–Trinajstić information content (AvgIpc) is 2.02. The third-order valence-corrected chi connectivity index (χ3v) is 1.88. The van der Waals surface area contributed by atoms with E-state index in [-0.39, 0.29) is 5.15 Å². The summed E-state index contributed by atoms with van der Waals surface area (Å²) >= 11 is 5.67. The molecule has 0 radical (unpaired) electrons. The first-order valence-corrected chi connectivity index (χ1v) is 4.22. The van der Waals surface area contributed by atoms with Gasteiger partial charge in [0.25, 0.3) is 5.56 Å². The summed E-state index contributed by atoms with van der Waals surface area (Å²) < 4.78 is 1.27. The number of nitrogens with one attached hydrogen (secondary N) is 1. The van der Waals surface area contributed by atoms with Crippen LogP contribution in [-0.4, -0.2) is 16.1 Å². The van der Waals surface area contributed by atoms with E-state index in [1.54, 1.807) is 0 Å². The van der Waals surface area contributed by atoms with Crippen LogP contribution in [0.15, 0.2) is 15.7 Å². The van der Waals surface area contributed by atoms with Crippen LogP contribution in [0.2, 0.25) is 5.15 Å². The van der Waals surface area contributed by atoms with Crippen molar-refractivity contribution >= 4 is 11.6 Å². The maximum atomic E-state index is 11.1. The van der Waals surface area contributed by atoms with E-state index < -0.39 is 11.2 Å². The van der Waals surface area contributed by atoms with Crippen molar-refractivity contribution in [1.29, 1.82) is 0 Å². The lowest BCUT2D eigenvalue weighted by molar-refractivity contribution is 0.612. The second-order valence-electron chi connectivity index (χ2n) is 2.56. The van der Waals surface area contributed by atoms with Gasteiger partial charge in [0.1, 0.15) is 5.15 Å². The lowest BCUT2D eigenvalue weighted by atomic mass is 10.4. The summed E-state index contributed by atoms with van der Waals surface area (Å²) in [5.41, 5.74) is 4.29. The van der Waals surface area contributed by atoms with E-state index in [0.717, 1.165) is 0 Å². The quantitative estimate of drug-likeness (QED) is 0.653. The second-order valence-corrected chi connectivity index (χ2v) is 2.94. The lowest BCUT2D eigenvalue weighted by Gasteiger charge is -2.04. The molecule has 1 rings (SSSR count). The van der Waals surface area contributed by atoms with Crippen LogP contribution < -0.4 is 17.0 Å². The summed E-state index contributed by atoms with van der Waals surface area (Å²) in [6, 6.07) is 1.17. The Labute approximate surface area is 79.1 Å². The molecule has 0 aromatic carbocycles. The van der Waals surface area contributed by atoms with E-state index in [1.165, 1.54) is 10.6 Å². The van der Waals surface area contributed by atoms with Gasteiger partial charge in [-0.2, -0.15) is 0 Å². The molecule has 0 spiro atoms. The topological polar surface area (TPSA) is 80.9 Å². The van der Waals surface area contributed by atoms with E-state index in [9.17, 15) is 9.59 Å². The van der Waals surface area contributed by atoms with Crippen molar-refractivity contribution < 1.29 is 0 Å². The van der Waals surface area contributed by atoms with Crippen LogP contribution >= 0.6 is 11.6 Å². The van der Waals surface area contributed by atoms with Crippen LogP contribution in [-0.2, 0) is 6.54 Å². The normalized spacial score (nSPS) is 10.3. The number of rotatable bonds is 3. The Kier molecular flexibility index (Phi) is 3.27. The predicted octanol–water partition coefficient (Wildman–Crippen LogP) is -0.461. The number of nitrogens with two attached hydrogens (primary N) is 1. The Balaban J connectivity index is 3.07. The summed E-state index contributed by atoms with van der Waals surface area (Å²) in [4.78, 5) is 24.0. The highest BCUT2D eigenvalue weighted by molar-refractivity contribution is 6.29. The molecular formula is C7H10ClN3O2. The Morgan fingerprint density at radius 1 is 1.54 bits per heavy atom. The van der Waals surface area contributed by atoms with Crippen LogP contribution in [0.1, 0.15) is 6.42 Å². The van der Waals surface area contributed by atoms with Gasteiger partial charge in [-0.05, 0) is 13.0 Å². The van der Waals surface area contributed by atoms with E-state index in [2.05, 4.69) is 4.98 Å². The van der Waals surface area contributed by atoms with Gasteiger partial charge in [0, 0.05) is 12.6 Å². The van der Waals surface area contributed by atoms with Crippen molar-refractivity contribution in [3.63, 3.8) is 0 Å². The summed E-state index contributed by atoms with van der Waals surface area (Å²) in [7, 11) is 0. The van der Waals surface area contributed by atoms with Gasteiger partial charge in [0.2, 0.25) is 0 Å². The molecule has 0 aliphatic carbocycles. The first kappa shape index (κ1) is 10.0. The molecule has 72 valence electrons. The zero-order valence-electron chi connectivity index (χ0n) is 6.92. The molecule has 0 aliphatic heterocycles. The number of H-pyrrole nitrogens is 1. The molecular weight excluding hydrogens is 194 g/mol. The smallest absolute Gasteiger partial charge is 0.329 e. The molecule has 0 fully saturated rings. The Bertz CT molecular complexity index is 395. The zero-order chi connectivity index (χ0) is 9.84. The number of aromatic amines is 1. The van der Waals surface area contributed by atoms with Crippen molar-refractivity contribution in [3.05, 3.63) is 32.1 Å². The summed E-state index contributed by atoms with van der Waals surface area (Å²) in [6.07, 6.45) is 0.645. The number of hydrogen-bond donors (Lipinski definition) is 2. The fraction of sp³-hybridized carbons (Fsp3) is 0.429. The molecule has 6 heteroatoms. The fourth-order valence-corrected chi connectivity index (χ4v) is 1.21. The fourth-order valence-electron chi connectivity index (χ4n) is 0.950. The summed E-state index contributed by atoms with van der Waals surface area (Å²) in [5.74, 6) is 0. The van der Waals surface area contributed by atoms with Gasteiger partial charge in [0.05, 0.1) is 0 Å². The monoisotopic (exact) mass is 203 g/mol. The first-order valence-electron chi connectivity index (χ1n) is 3.85. The highest BCUT2D eigenvalue weighted by Crippen LogP contribution is 2.01. The van der Waals surface area contributed by atoms with E-state index in [4.69, 9.17) is 17.3 Å². The van der Waals surface area contributed by atoms with Crippen molar-refractivity contribution in [3.8, 4) is 0 Å². The van der Waals surface area contributed by atoms with Crippen LogP contribution in [0, 0.1) is 0 Å². The standard InChI is InChI=1S/C7H10ClN3O2/c8-5-4-6(12)10-7(13)11(5)3-1-2-9/h4H,1-3,9H2,(H,10,12,13). The minimum Gasteiger partial charge on any atom is -0.330 e. The molecule has 0 unspecified atom stereocenters. The van der Waals surface area contributed by atoms with Gasteiger partial charge < -0.3 is 5.73 Å². The predicted molar refractivity (Wildman–Crippen MR) is 50.0 cm³/mol. The number of aromatic nitrogens is 2. The maximum Gasteiger partial charge on any atom is 0.329 e. The molecule has 5 nitrogen and oxygen atoms in total. The Morgan fingerprint density at radius 2 is 2.23 bits per heavy atom. The van der Waals surface area contributed by atoms with Crippen LogP contribution in [0.25, 0.3) is 0 Å². The van der Waals surface area contributed by atoms with Crippen LogP contribution in [0.5, 0.6) is 0 Å². The van der Waals surface area contributed by atoms with Crippen LogP contribution in [0.4, 0.5) is 0 Å². The molecule has 0 bridgehead atoms. The highest BCUT2D eigenvalue weighted by atomic mass is 35.5. The number of halogens is 1. The van der Waals surface area contributed by atoms with E-state index in [1.807, 2.05) is 0 Å². The molecule has 1 aromatic heterocycles. The molecule has 0 saturated heterocycles. The van der Waals surface area contributed by atoms with Crippen molar-refractivity contribution in [2.24, 2.45) is 5.73 Å². The molecule has 3 N–H and O–H groups in total. The Morgan fingerprint density at radius 3 is 2.77 bits per heavy atom. The third kappa shape index (κ3) is 2.43. The third-order valence-electron chi connectivity index (χ3n) is 1.57. The highest BCUT2D eigenvalue weighted by Gasteiger charge is 2.01. The van der Waals surface area contributed by atoms with Gasteiger partial charge in [-0.15, -0.1) is 0 Å². The molecule has 13 heavy (non-hydrogen) atoms. The molecule has 0 saturated carbocycles. The van der Waals surface area contributed by atoms with Gasteiger partial charge >= 0.3 is 5.69 Å². The van der Waals surface area contributed by atoms with Gasteiger partial charge in [-0.25, -0.2) is 4.79 Å². The van der Waals surface area contributed by atoms with Gasteiger partial charge in [-0.3, -0.25) is 14.3 Å². The molecule has 1 heterocycles. The first-order chi connectivity index (χ1) is 6.15. The molecule has 0 aliphatic rings. The number of hydrogen-bond acceptors (Lipinski definition) is 3. The van der Waals surface area contributed by atoms with Gasteiger partial charge in [-0.1, -0.05) is 11.6 Å². The lowest BCUT2D eigenvalue weighted by Crippen LogP contribution is -2.30. The summed E-state index contributed by atoms with van der Waals surface area (Å²) in [6.45, 7) is 0.896. The SMILES string of the molecule is NCCCn1c(Cl)cc(=O)[nH]c1=O. The average molecular weight is 204 g/mol. The Hall–Kier alpha value is -1.07. The second kappa shape index (κ2) is 4.25. The molecule has 1 aromatic rings. The minimum atomic E-state index is -0.494. The molecule has 0 amide bonds. The van der Waals surface area contributed by atoms with E-state index >= 15 is 0 Å². The largest absolute Gasteiger partial charge is 0.330 e. The summed E-state index contributed by atoms with van der Waals surface area (Å²) in [5, 5.41) is 0.141. The minimum absolute atomic E-state index is 0.141. The van der Waals surface area contributed by atoms with Crippen molar-refractivity contribution in [2.75, 3.05) is 6.54 Å². The molecule has 0 atom stereocenters. The van der Waals surface area contributed by atoms with Crippen molar-refractivity contribution in [2.45, 2.75) is 13.0 Å². The zero-order valence-corrected chi connectivity index (χ0v) is 7.67. The van der Waals surface area contributed by atoms with Gasteiger partial charge in [0.15, 0.2) is 0 Å². The van der Waals surface area contributed by atoms with Crippen LogP contribution in [0.3, 0.4) is 0 Å². The van der Waals surface area contributed by atoms with E-state index in [0.29, 0.717) is 19.5 Å². The van der Waals surface area contributed by atoms with Crippen molar-refractivity contribution in [1.82, 2.24) is 9.55 Å².